The molecule has 1 N–H and O–H groups in total. The molecule has 1 unspecified atom stereocenters. The van der Waals surface area contributed by atoms with E-state index in [0.717, 1.165) is 29.7 Å². The van der Waals surface area contributed by atoms with Gasteiger partial charge in [0.1, 0.15) is 5.75 Å². The van der Waals surface area contributed by atoms with Crippen LogP contribution in [-0.2, 0) is 33.0 Å². The molecule has 4 aromatic rings. The quantitative estimate of drug-likeness (QED) is 0.143. The van der Waals surface area contributed by atoms with Gasteiger partial charge in [-0.05, 0) is 73.8 Å². The van der Waals surface area contributed by atoms with Crippen LogP contribution in [-0.4, -0.2) is 66.7 Å². The topological polar surface area (TPSA) is 110 Å². The molecule has 12 heteroatoms. The Morgan fingerprint density at radius 2 is 1.88 bits per heavy atom. The number of aliphatic hydroxyl groups is 1. The first-order valence-electron chi connectivity index (χ1n) is 17.9. The van der Waals surface area contributed by atoms with Gasteiger partial charge < -0.3 is 28.5 Å². The summed E-state index contributed by atoms with van der Waals surface area (Å²) < 4.78 is 30.8. The second kappa shape index (κ2) is 14.0. The summed E-state index contributed by atoms with van der Waals surface area (Å²) in [6, 6.07) is 23.1. The maximum absolute atomic E-state index is 16.5. The summed E-state index contributed by atoms with van der Waals surface area (Å²) in [5.74, 6) is -0.293. The lowest BCUT2D eigenvalue weighted by Gasteiger charge is -2.31. The van der Waals surface area contributed by atoms with E-state index < -0.39 is 31.6 Å². The van der Waals surface area contributed by atoms with Crippen LogP contribution in [0, 0.1) is 5.92 Å². The molecule has 3 aromatic carbocycles. The van der Waals surface area contributed by atoms with E-state index in [1.807, 2.05) is 90.8 Å². The Balaban J connectivity index is 1.18. The van der Waals surface area contributed by atoms with Gasteiger partial charge in [-0.3, -0.25) is 14.3 Å². The molecule has 10 nitrogen and oxygen atoms in total. The number of rotatable bonds is 11. The molecular weight excluding hydrogens is 666 g/mol. The van der Waals surface area contributed by atoms with Gasteiger partial charge in [-0.2, -0.15) is 0 Å². The predicted octanol–water partition coefficient (Wildman–Crippen LogP) is 6.34. The Morgan fingerprint density at radius 3 is 2.61 bits per heavy atom. The first kappa shape index (κ1) is 35.0. The maximum atomic E-state index is 16.5. The molecule has 0 saturated carbocycles. The highest BCUT2D eigenvalue weighted by atomic mass is 28.4. The fraction of sp³-hybridized carbons (Fsp3) is 0.436. The number of hydrogen-bond donors (Lipinski definition) is 1. The number of methoxy groups -OCH3 is 1. The lowest BCUT2D eigenvalue weighted by Crippen LogP contribution is -2.45. The zero-order valence-corrected chi connectivity index (χ0v) is 30.7. The minimum Gasteiger partial charge on any atom is -0.497 e. The van der Waals surface area contributed by atoms with E-state index in [9.17, 15) is 14.7 Å². The summed E-state index contributed by atoms with van der Waals surface area (Å²) in [6.45, 7) is 6.58. The van der Waals surface area contributed by atoms with Gasteiger partial charge in [-0.15, -0.1) is 5.10 Å². The van der Waals surface area contributed by atoms with Gasteiger partial charge in [0.2, 0.25) is 14.3 Å². The van der Waals surface area contributed by atoms with Crippen LogP contribution in [0.25, 0.3) is 0 Å². The normalized spacial score (nSPS) is 24.0. The number of fused-ring (bicyclic) bond motifs is 2. The minimum atomic E-state index is -3.39. The third-order valence-electron chi connectivity index (χ3n) is 11.0. The maximum Gasteiger partial charge on any atom is 0.264 e. The Bertz CT molecular complexity index is 1900. The highest BCUT2D eigenvalue weighted by molar-refractivity contribution is 6.72. The monoisotopic (exact) mass is 711 g/mol. The molecule has 2 fully saturated rings. The molecule has 7 rings (SSSR count). The lowest BCUT2D eigenvalue weighted by atomic mass is 9.82. The summed E-state index contributed by atoms with van der Waals surface area (Å²) in [6.07, 6.45) is 4.08. The van der Waals surface area contributed by atoms with Crippen LogP contribution in [0.15, 0.2) is 79.0 Å². The van der Waals surface area contributed by atoms with Crippen molar-refractivity contribution >= 4 is 31.6 Å². The smallest absolute Gasteiger partial charge is 0.264 e. The predicted molar refractivity (Wildman–Crippen MR) is 195 cm³/mol. The molecule has 1 spiro atoms. The number of nitrogens with zero attached hydrogens (tertiary/aromatic N) is 5. The molecular formula is C39H46FN5O5Si. The van der Waals surface area contributed by atoms with Crippen molar-refractivity contribution in [1.29, 1.82) is 0 Å². The molecule has 0 aliphatic carbocycles. The number of amides is 2. The van der Waals surface area contributed by atoms with Crippen molar-refractivity contribution in [2.45, 2.75) is 82.0 Å². The number of anilines is 2. The van der Waals surface area contributed by atoms with Crippen LogP contribution < -0.4 is 14.5 Å². The van der Waals surface area contributed by atoms with Crippen LogP contribution in [0.2, 0.25) is 18.6 Å². The number of aromatic nitrogens is 3. The van der Waals surface area contributed by atoms with E-state index in [4.69, 9.17) is 9.47 Å². The standard InChI is InChI=1S/C39H46FN5O5Si/c1-26-37(51(3,4)40)35(18-20-43-24-33(41-42-43)31(25-46)28-12-6-5-7-13-28)50-39(26)32-22-30(49-2)16-17-34(32)45(38(39)48)23-27-11-10-14-29(21-27)44-19-9-8-15-36(44)47/h5-7,10-14,16-17,21-22,24,26,31,35,37,46H,8-9,15,18-20,23,25H2,1-4H3/t26-,31?,35+,37-,39+/m0/s1. The molecule has 5 atom stereocenters. The van der Waals surface area contributed by atoms with Gasteiger partial charge in [-0.25, -0.2) is 0 Å². The van der Waals surface area contributed by atoms with Gasteiger partial charge >= 0.3 is 0 Å². The van der Waals surface area contributed by atoms with Gasteiger partial charge in [0, 0.05) is 48.4 Å². The van der Waals surface area contributed by atoms with Crippen LogP contribution in [0.1, 0.15) is 60.9 Å². The number of carbonyl (C=O) groups excluding carboxylic acids is 2. The van der Waals surface area contributed by atoms with Gasteiger partial charge in [0.25, 0.3) is 5.91 Å². The molecule has 0 radical (unpaired) electrons. The fourth-order valence-corrected chi connectivity index (χ4v) is 11.1. The zero-order valence-electron chi connectivity index (χ0n) is 29.7. The van der Waals surface area contributed by atoms with E-state index in [-0.39, 0.29) is 30.9 Å². The van der Waals surface area contributed by atoms with Crippen LogP contribution >= 0.6 is 0 Å². The van der Waals surface area contributed by atoms with E-state index in [1.54, 1.807) is 29.8 Å². The molecule has 51 heavy (non-hydrogen) atoms. The average Bonchev–Trinajstić information content (AvgIpc) is 3.78. The van der Waals surface area contributed by atoms with Crippen molar-refractivity contribution in [2.75, 3.05) is 30.1 Å². The number of ether oxygens (including phenoxy) is 2. The highest BCUT2D eigenvalue weighted by Crippen LogP contribution is 2.60. The zero-order chi connectivity index (χ0) is 35.9. The van der Waals surface area contributed by atoms with Crippen molar-refractivity contribution in [2.24, 2.45) is 5.92 Å². The largest absolute Gasteiger partial charge is 0.497 e. The molecule has 3 aliphatic rings. The molecule has 268 valence electrons. The Hall–Kier alpha value is -4.39. The first-order chi connectivity index (χ1) is 24.5. The summed E-state index contributed by atoms with van der Waals surface area (Å²) >= 11 is 0. The molecule has 1 aromatic heterocycles. The first-order valence-corrected chi connectivity index (χ1v) is 20.8. The number of aryl methyl sites for hydroxylation is 1. The van der Waals surface area contributed by atoms with Gasteiger partial charge in [-0.1, -0.05) is 54.6 Å². The third kappa shape index (κ3) is 6.38. The van der Waals surface area contributed by atoms with E-state index >= 15 is 4.11 Å². The van der Waals surface area contributed by atoms with Crippen molar-refractivity contribution in [3.05, 3.63) is 101 Å². The summed E-state index contributed by atoms with van der Waals surface area (Å²) in [7, 11) is -1.80. The van der Waals surface area contributed by atoms with Gasteiger partial charge in [0.15, 0.2) is 5.60 Å². The van der Waals surface area contributed by atoms with Crippen molar-refractivity contribution in [3.8, 4) is 5.75 Å². The third-order valence-corrected chi connectivity index (χ3v) is 13.5. The second-order valence-corrected chi connectivity index (χ2v) is 18.4. The number of aliphatic hydroxyl groups excluding tert-OH is 1. The molecule has 0 bridgehead atoms. The Morgan fingerprint density at radius 1 is 1.08 bits per heavy atom. The van der Waals surface area contributed by atoms with Crippen molar-refractivity contribution in [1.82, 2.24) is 15.0 Å². The average molecular weight is 712 g/mol. The molecule has 2 saturated heterocycles. The number of halogens is 1. The SMILES string of the molecule is COc1ccc2c(c1)[C@@]1(O[C@H](CCn3cc(C(CO)c4ccccc4)nn3)[C@@H]([Si](C)(C)F)[C@@H]1C)C(=O)N2Cc1cccc(N2CCCCC2=O)c1. The summed E-state index contributed by atoms with van der Waals surface area (Å²) in [4.78, 5) is 31.2. The number of hydrogen-bond acceptors (Lipinski definition) is 7. The van der Waals surface area contributed by atoms with Crippen molar-refractivity contribution in [3.63, 3.8) is 0 Å². The highest BCUT2D eigenvalue weighted by Gasteiger charge is 2.66. The fourth-order valence-electron chi connectivity index (χ4n) is 8.56. The van der Waals surface area contributed by atoms with E-state index in [0.29, 0.717) is 48.6 Å². The van der Waals surface area contributed by atoms with Gasteiger partial charge in [0.05, 0.1) is 43.7 Å². The summed E-state index contributed by atoms with van der Waals surface area (Å²) in [5, 5.41) is 18.9. The summed E-state index contributed by atoms with van der Waals surface area (Å²) in [5.41, 5.74) is 2.81. The second-order valence-electron chi connectivity index (χ2n) is 14.6. The Labute approximate surface area is 299 Å². The number of carbonyl (C=O) groups is 2. The molecule has 3 aliphatic heterocycles. The van der Waals surface area contributed by atoms with E-state index in [2.05, 4.69) is 10.3 Å². The van der Waals surface area contributed by atoms with Crippen LogP contribution in [0.4, 0.5) is 15.5 Å². The van der Waals surface area contributed by atoms with Crippen molar-refractivity contribution < 1.29 is 28.3 Å². The van der Waals surface area contributed by atoms with Crippen LogP contribution in [0.3, 0.4) is 0 Å². The molecule has 2 amide bonds. The van der Waals surface area contributed by atoms with E-state index in [1.165, 1.54) is 0 Å². The minimum absolute atomic E-state index is 0.111. The number of benzene rings is 3. The van der Waals surface area contributed by atoms with Crippen LogP contribution in [0.5, 0.6) is 5.75 Å². The number of piperidine rings is 1. The Kier molecular flexibility index (Phi) is 9.59. The lowest BCUT2D eigenvalue weighted by molar-refractivity contribution is -0.146. The molecule has 4 heterocycles.